The molecule has 0 aromatic rings. The Morgan fingerprint density at radius 3 is 2.36 bits per heavy atom. The third-order valence-electron chi connectivity index (χ3n) is 1.15. The van der Waals surface area contributed by atoms with Crippen molar-refractivity contribution >= 4 is 17.9 Å². The number of hydrogen-bond acceptors (Lipinski definition) is 5. The average Bonchev–Trinajstić information content (AvgIpc) is 2.10. The third kappa shape index (κ3) is 4.88. The lowest BCUT2D eigenvalue weighted by Crippen LogP contribution is -2.39. The molecule has 0 aliphatic rings. The molecule has 0 spiro atoms. The van der Waals surface area contributed by atoms with E-state index < -0.39 is 30.4 Å². The van der Waals surface area contributed by atoms with Crippen LogP contribution in [0.4, 0.5) is 0 Å². The molecule has 3 N–H and O–H groups in total. The highest BCUT2D eigenvalue weighted by molar-refractivity contribution is 5.82. The molecule has 0 aromatic heterocycles. The van der Waals surface area contributed by atoms with Crippen LogP contribution >= 0.6 is 0 Å². The number of hydrogen-bond donors (Lipinski definition) is 3. The average molecular weight is 203 g/mol. The van der Waals surface area contributed by atoms with E-state index in [9.17, 15) is 14.4 Å². The molecule has 0 aromatic carbocycles. The van der Waals surface area contributed by atoms with Crippen LogP contribution in [0.1, 0.15) is 6.42 Å². The van der Waals surface area contributed by atoms with Crippen molar-refractivity contribution in [3.05, 3.63) is 12.7 Å². The van der Waals surface area contributed by atoms with Crippen LogP contribution in [0.15, 0.2) is 12.7 Å². The number of hydroxylamine groups is 1. The maximum absolute atomic E-state index is 10.5. The van der Waals surface area contributed by atoms with E-state index in [0.29, 0.717) is 0 Å². The van der Waals surface area contributed by atoms with Crippen LogP contribution < -0.4 is 5.48 Å². The van der Waals surface area contributed by atoms with Crippen LogP contribution in [0.5, 0.6) is 0 Å². The molecule has 0 aliphatic carbocycles. The molecule has 0 unspecified atom stereocenters. The predicted molar refractivity (Wildman–Crippen MR) is 43.1 cm³/mol. The zero-order chi connectivity index (χ0) is 11.1. The van der Waals surface area contributed by atoms with Gasteiger partial charge in [-0.25, -0.2) is 4.79 Å². The Morgan fingerprint density at radius 1 is 1.43 bits per heavy atom. The van der Waals surface area contributed by atoms with Crippen molar-refractivity contribution in [2.24, 2.45) is 0 Å². The number of aliphatic carboxylic acids is 2. The highest BCUT2D eigenvalue weighted by Crippen LogP contribution is 1.93. The smallest absolute Gasteiger partial charge is 0.348 e. The fourth-order valence-corrected chi connectivity index (χ4v) is 0.525. The van der Waals surface area contributed by atoms with Crippen molar-refractivity contribution in [2.45, 2.75) is 12.5 Å². The van der Waals surface area contributed by atoms with Gasteiger partial charge in [-0.05, 0) is 0 Å². The topological polar surface area (TPSA) is 113 Å². The molecule has 0 bridgehead atoms. The van der Waals surface area contributed by atoms with Crippen LogP contribution in [0.25, 0.3) is 0 Å². The van der Waals surface area contributed by atoms with Gasteiger partial charge in [0.05, 0.1) is 6.42 Å². The maximum Gasteiger partial charge on any atom is 0.348 e. The first-order chi connectivity index (χ1) is 6.47. The summed E-state index contributed by atoms with van der Waals surface area (Å²) in [5, 5.41) is 16.8. The molecule has 1 atom stereocenters. The highest BCUT2D eigenvalue weighted by atomic mass is 16.7. The molecular formula is C7H9NO6. The lowest BCUT2D eigenvalue weighted by molar-refractivity contribution is -0.157. The van der Waals surface area contributed by atoms with E-state index in [4.69, 9.17) is 10.2 Å². The van der Waals surface area contributed by atoms with Gasteiger partial charge in [0.25, 0.3) is 0 Å². The van der Waals surface area contributed by atoms with Crippen molar-refractivity contribution in [1.29, 1.82) is 0 Å². The Morgan fingerprint density at radius 2 is 2.00 bits per heavy atom. The van der Waals surface area contributed by atoms with Gasteiger partial charge in [-0.1, -0.05) is 6.58 Å². The van der Waals surface area contributed by atoms with Gasteiger partial charge in [0.1, 0.15) is 0 Å². The largest absolute Gasteiger partial charge is 0.481 e. The fourth-order valence-electron chi connectivity index (χ4n) is 0.525. The summed E-state index contributed by atoms with van der Waals surface area (Å²) in [7, 11) is 0. The first-order valence-electron chi connectivity index (χ1n) is 3.50. The SMILES string of the molecule is C=CC(=O)ON[C@@H](CC(=O)O)C(=O)O. The summed E-state index contributed by atoms with van der Waals surface area (Å²) in [6, 6.07) is -1.48. The summed E-state index contributed by atoms with van der Waals surface area (Å²) < 4.78 is 0. The van der Waals surface area contributed by atoms with Crippen LogP contribution in [0.3, 0.4) is 0 Å². The molecule has 0 rings (SSSR count). The van der Waals surface area contributed by atoms with Crippen molar-refractivity contribution in [1.82, 2.24) is 5.48 Å². The zero-order valence-electron chi connectivity index (χ0n) is 7.10. The first-order valence-corrected chi connectivity index (χ1v) is 3.50. The van der Waals surface area contributed by atoms with Crippen LogP contribution in [0, 0.1) is 0 Å². The number of carbonyl (C=O) groups is 3. The summed E-state index contributed by atoms with van der Waals surface area (Å²) in [5.74, 6) is -3.63. The summed E-state index contributed by atoms with van der Waals surface area (Å²) in [6.45, 7) is 3.07. The van der Waals surface area contributed by atoms with Crippen molar-refractivity contribution in [3.8, 4) is 0 Å². The summed E-state index contributed by atoms with van der Waals surface area (Å²) >= 11 is 0. The Hall–Kier alpha value is -1.89. The molecule has 0 radical (unpaired) electrons. The molecule has 0 fully saturated rings. The summed E-state index contributed by atoms with van der Waals surface area (Å²) in [5.41, 5.74) is 1.80. The normalized spacial score (nSPS) is 11.4. The second-order valence-electron chi connectivity index (χ2n) is 2.23. The second kappa shape index (κ2) is 5.70. The van der Waals surface area contributed by atoms with E-state index in [1.54, 1.807) is 5.48 Å². The van der Waals surface area contributed by atoms with Crippen molar-refractivity contribution in [2.75, 3.05) is 0 Å². The summed E-state index contributed by atoms with van der Waals surface area (Å²) in [4.78, 5) is 35.2. The monoisotopic (exact) mass is 203 g/mol. The quantitative estimate of drug-likeness (QED) is 0.380. The van der Waals surface area contributed by atoms with E-state index >= 15 is 0 Å². The zero-order valence-corrected chi connectivity index (χ0v) is 7.10. The molecule has 0 aliphatic heterocycles. The maximum atomic E-state index is 10.5. The fraction of sp³-hybridized carbons (Fsp3) is 0.286. The van der Waals surface area contributed by atoms with Gasteiger partial charge in [0.15, 0.2) is 6.04 Å². The minimum atomic E-state index is -1.48. The van der Waals surface area contributed by atoms with E-state index in [0.717, 1.165) is 6.08 Å². The summed E-state index contributed by atoms with van der Waals surface area (Å²) in [6.07, 6.45) is 0.117. The van der Waals surface area contributed by atoms with Gasteiger partial charge in [-0.3, -0.25) is 9.59 Å². The predicted octanol–water partition coefficient (Wildman–Crippen LogP) is -0.852. The van der Waals surface area contributed by atoms with Gasteiger partial charge >= 0.3 is 17.9 Å². The number of nitrogens with one attached hydrogen (secondary N) is 1. The lowest BCUT2D eigenvalue weighted by atomic mass is 10.2. The lowest BCUT2D eigenvalue weighted by Gasteiger charge is -2.10. The number of carboxylic acids is 2. The second-order valence-corrected chi connectivity index (χ2v) is 2.23. The number of rotatable bonds is 6. The van der Waals surface area contributed by atoms with E-state index in [1.807, 2.05) is 0 Å². The molecule has 78 valence electrons. The molecule has 14 heavy (non-hydrogen) atoms. The van der Waals surface area contributed by atoms with Crippen LogP contribution in [-0.2, 0) is 19.2 Å². The van der Waals surface area contributed by atoms with Gasteiger partial charge in [0.2, 0.25) is 0 Å². The molecule has 0 heterocycles. The van der Waals surface area contributed by atoms with Crippen molar-refractivity contribution < 1.29 is 29.4 Å². The number of carboxylic acid groups (broad SMARTS) is 2. The Bertz CT molecular complexity index is 261. The molecule has 0 saturated carbocycles. The third-order valence-corrected chi connectivity index (χ3v) is 1.15. The molecule has 0 saturated heterocycles. The Balaban J connectivity index is 4.10. The van der Waals surface area contributed by atoms with E-state index in [-0.39, 0.29) is 0 Å². The van der Waals surface area contributed by atoms with Gasteiger partial charge < -0.3 is 15.1 Å². The van der Waals surface area contributed by atoms with Gasteiger partial charge in [-0.2, -0.15) is 0 Å². The van der Waals surface area contributed by atoms with E-state index in [2.05, 4.69) is 11.4 Å². The van der Waals surface area contributed by atoms with Crippen LogP contribution in [-0.4, -0.2) is 34.2 Å². The van der Waals surface area contributed by atoms with Gasteiger partial charge in [-0.15, -0.1) is 5.48 Å². The highest BCUT2D eigenvalue weighted by Gasteiger charge is 2.21. The minimum Gasteiger partial charge on any atom is -0.481 e. The minimum absolute atomic E-state index is 0.695. The van der Waals surface area contributed by atoms with E-state index in [1.165, 1.54) is 0 Å². The Labute approximate surface area is 78.9 Å². The molecular weight excluding hydrogens is 194 g/mol. The van der Waals surface area contributed by atoms with Crippen molar-refractivity contribution in [3.63, 3.8) is 0 Å². The molecule has 0 amide bonds. The molecule has 7 nitrogen and oxygen atoms in total. The molecule has 7 heteroatoms. The van der Waals surface area contributed by atoms with Gasteiger partial charge in [0, 0.05) is 6.08 Å². The standard InChI is InChI=1S/C7H9NO6/c1-2-6(11)14-8-4(7(12)13)3-5(9)10/h2,4,8H,1,3H2,(H,9,10)(H,12,13)/t4-/m0/s1. The first kappa shape index (κ1) is 12.1. The number of carbonyl (C=O) groups excluding carboxylic acids is 1. The Kier molecular flexibility index (Phi) is 4.93. The van der Waals surface area contributed by atoms with Crippen LogP contribution in [0.2, 0.25) is 0 Å².